The highest BCUT2D eigenvalue weighted by atomic mass is 16.6. The van der Waals surface area contributed by atoms with E-state index < -0.39 is 17.2 Å². The molecule has 1 heterocycles. The quantitative estimate of drug-likeness (QED) is 0.888. The Morgan fingerprint density at radius 3 is 2.52 bits per heavy atom. The molecule has 7 nitrogen and oxygen atoms in total. The smallest absolute Gasteiger partial charge is 0.407 e. The number of nitrogens with zero attached hydrogens (tertiary/aromatic N) is 1. The first-order valence-corrected chi connectivity index (χ1v) is 7.92. The molecule has 0 bridgehead atoms. The molecule has 0 aliphatic heterocycles. The highest BCUT2D eigenvalue weighted by molar-refractivity contribution is 5.92. The van der Waals surface area contributed by atoms with Gasteiger partial charge < -0.3 is 19.9 Å². The van der Waals surface area contributed by atoms with Crippen molar-refractivity contribution in [2.75, 3.05) is 6.54 Å². The first kappa shape index (κ1) is 17.3. The van der Waals surface area contributed by atoms with Crippen LogP contribution in [0, 0.1) is 6.92 Å². The van der Waals surface area contributed by atoms with Gasteiger partial charge >= 0.3 is 6.09 Å². The molecule has 0 spiro atoms. The van der Waals surface area contributed by atoms with E-state index in [1.54, 1.807) is 13.0 Å². The van der Waals surface area contributed by atoms with Crippen LogP contribution in [0.2, 0.25) is 0 Å². The fraction of sp³-hybridized carbons (Fsp3) is 0.688. The van der Waals surface area contributed by atoms with Gasteiger partial charge in [0.2, 0.25) is 5.76 Å². The molecule has 0 aromatic carbocycles. The summed E-state index contributed by atoms with van der Waals surface area (Å²) in [6, 6.07) is 1.60. The Morgan fingerprint density at radius 1 is 1.35 bits per heavy atom. The summed E-state index contributed by atoms with van der Waals surface area (Å²) in [4.78, 5) is 24.1. The minimum atomic E-state index is -0.548. The zero-order chi connectivity index (χ0) is 17.1. The van der Waals surface area contributed by atoms with Crippen molar-refractivity contribution in [3.63, 3.8) is 0 Å². The molecule has 1 aliphatic carbocycles. The van der Waals surface area contributed by atoms with Gasteiger partial charge in [-0.2, -0.15) is 0 Å². The van der Waals surface area contributed by atoms with Crippen LogP contribution in [0.1, 0.15) is 62.7 Å². The van der Waals surface area contributed by atoms with Gasteiger partial charge in [0.1, 0.15) is 5.60 Å². The van der Waals surface area contributed by atoms with Gasteiger partial charge in [-0.15, -0.1) is 0 Å². The van der Waals surface area contributed by atoms with Crippen LogP contribution in [0.4, 0.5) is 4.79 Å². The van der Waals surface area contributed by atoms with Gasteiger partial charge in [-0.3, -0.25) is 4.79 Å². The molecule has 2 amide bonds. The molecule has 2 N–H and O–H groups in total. The van der Waals surface area contributed by atoms with Gasteiger partial charge in [-0.25, -0.2) is 4.79 Å². The summed E-state index contributed by atoms with van der Waals surface area (Å²) in [5, 5.41) is 9.48. The molecule has 1 aliphatic rings. The standard InChI is InChI=1S/C16H25N3O4/c1-11-9-12(23-19-11)13(20)18-16(7-5-6-8-16)10-17-14(21)22-15(2,3)4/h9H,5-8,10H2,1-4H3,(H,17,21)(H,18,20). The van der Waals surface area contributed by atoms with Gasteiger partial charge in [-0.05, 0) is 40.5 Å². The number of hydrogen-bond donors (Lipinski definition) is 2. The lowest BCUT2D eigenvalue weighted by Gasteiger charge is -2.30. The number of carbonyl (C=O) groups is 2. The Labute approximate surface area is 136 Å². The molecular formula is C16H25N3O4. The number of nitrogens with one attached hydrogen (secondary N) is 2. The summed E-state index contributed by atoms with van der Waals surface area (Å²) in [5.41, 5.74) is -0.357. The van der Waals surface area contributed by atoms with E-state index in [1.165, 1.54) is 0 Å². The van der Waals surface area contributed by atoms with Crippen molar-refractivity contribution in [1.29, 1.82) is 0 Å². The Kier molecular flexibility index (Phi) is 4.97. The molecular weight excluding hydrogens is 298 g/mol. The van der Waals surface area contributed by atoms with Crippen molar-refractivity contribution in [3.05, 3.63) is 17.5 Å². The molecule has 2 rings (SSSR count). The average Bonchev–Trinajstić information content (AvgIpc) is 3.04. The van der Waals surface area contributed by atoms with Crippen LogP contribution in [-0.2, 0) is 4.74 Å². The first-order valence-electron chi connectivity index (χ1n) is 7.92. The van der Waals surface area contributed by atoms with E-state index >= 15 is 0 Å². The largest absolute Gasteiger partial charge is 0.444 e. The van der Waals surface area contributed by atoms with Crippen LogP contribution in [0.3, 0.4) is 0 Å². The fourth-order valence-corrected chi connectivity index (χ4v) is 2.73. The molecule has 1 fully saturated rings. The predicted molar refractivity (Wildman–Crippen MR) is 84.1 cm³/mol. The summed E-state index contributed by atoms with van der Waals surface area (Å²) < 4.78 is 10.2. The maximum Gasteiger partial charge on any atom is 0.407 e. The molecule has 23 heavy (non-hydrogen) atoms. The summed E-state index contributed by atoms with van der Waals surface area (Å²) in [6.45, 7) is 7.53. The van der Waals surface area contributed by atoms with Gasteiger partial charge in [-0.1, -0.05) is 18.0 Å². The number of amides is 2. The molecule has 1 aromatic heterocycles. The number of aryl methyl sites for hydroxylation is 1. The average molecular weight is 323 g/mol. The third kappa shape index (κ3) is 4.97. The Balaban J connectivity index is 1.96. The van der Waals surface area contributed by atoms with E-state index in [2.05, 4.69) is 15.8 Å². The van der Waals surface area contributed by atoms with Crippen molar-refractivity contribution >= 4 is 12.0 Å². The van der Waals surface area contributed by atoms with E-state index in [-0.39, 0.29) is 11.7 Å². The van der Waals surface area contributed by atoms with Crippen LogP contribution in [0.15, 0.2) is 10.6 Å². The number of aromatic nitrogens is 1. The van der Waals surface area contributed by atoms with Crippen molar-refractivity contribution in [2.24, 2.45) is 0 Å². The van der Waals surface area contributed by atoms with Gasteiger partial charge in [0, 0.05) is 12.6 Å². The molecule has 0 saturated heterocycles. The van der Waals surface area contributed by atoms with E-state index in [0.29, 0.717) is 12.2 Å². The number of hydrogen-bond acceptors (Lipinski definition) is 5. The molecule has 0 unspecified atom stereocenters. The van der Waals surface area contributed by atoms with Crippen molar-refractivity contribution < 1.29 is 18.8 Å². The molecule has 1 aromatic rings. The first-order chi connectivity index (χ1) is 10.7. The molecule has 0 atom stereocenters. The lowest BCUT2D eigenvalue weighted by Crippen LogP contribution is -2.54. The normalized spacial score (nSPS) is 16.9. The van der Waals surface area contributed by atoms with Gasteiger partial charge in [0.15, 0.2) is 0 Å². The second kappa shape index (κ2) is 6.60. The summed E-state index contributed by atoms with van der Waals surface area (Å²) in [6.07, 6.45) is 3.15. The van der Waals surface area contributed by atoms with Crippen LogP contribution in [0.25, 0.3) is 0 Å². The van der Waals surface area contributed by atoms with Crippen LogP contribution in [0.5, 0.6) is 0 Å². The van der Waals surface area contributed by atoms with Crippen molar-refractivity contribution in [2.45, 2.75) is 64.5 Å². The lowest BCUT2D eigenvalue weighted by molar-refractivity contribution is 0.0504. The second-order valence-corrected chi connectivity index (χ2v) is 7.13. The SMILES string of the molecule is Cc1cc(C(=O)NC2(CNC(=O)OC(C)(C)C)CCCC2)on1. The van der Waals surface area contributed by atoms with Crippen molar-refractivity contribution in [3.8, 4) is 0 Å². The van der Waals surface area contributed by atoms with Crippen LogP contribution < -0.4 is 10.6 Å². The second-order valence-electron chi connectivity index (χ2n) is 7.13. The fourth-order valence-electron chi connectivity index (χ4n) is 2.73. The van der Waals surface area contributed by atoms with E-state index in [0.717, 1.165) is 25.7 Å². The maximum absolute atomic E-state index is 12.3. The summed E-state index contributed by atoms with van der Waals surface area (Å²) in [7, 11) is 0. The Morgan fingerprint density at radius 2 is 2.00 bits per heavy atom. The monoisotopic (exact) mass is 323 g/mol. The number of alkyl carbamates (subject to hydrolysis) is 1. The highest BCUT2D eigenvalue weighted by Gasteiger charge is 2.37. The molecule has 1 saturated carbocycles. The van der Waals surface area contributed by atoms with Crippen LogP contribution >= 0.6 is 0 Å². The van der Waals surface area contributed by atoms with Gasteiger partial charge in [0.05, 0.1) is 11.2 Å². The zero-order valence-corrected chi connectivity index (χ0v) is 14.2. The summed E-state index contributed by atoms with van der Waals surface area (Å²) >= 11 is 0. The Bertz CT molecular complexity index is 568. The molecule has 128 valence electrons. The number of carbonyl (C=O) groups excluding carboxylic acids is 2. The lowest BCUT2D eigenvalue weighted by atomic mass is 9.97. The summed E-state index contributed by atoms with van der Waals surface area (Å²) in [5.74, 6) is -0.121. The number of ether oxygens (including phenoxy) is 1. The molecule has 7 heteroatoms. The minimum Gasteiger partial charge on any atom is -0.444 e. The number of rotatable bonds is 4. The Hall–Kier alpha value is -2.05. The van der Waals surface area contributed by atoms with E-state index in [9.17, 15) is 9.59 Å². The predicted octanol–water partition coefficient (Wildman–Crippen LogP) is 2.55. The van der Waals surface area contributed by atoms with Crippen LogP contribution in [-0.4, -0.2) is 34.8 Å². The zero-order valence-electron chi connectivity index (χ0n) is 14.2. The third-order valence-corrected chi connectivity index (χ3v) is 3.76. The maximum atomic E-state index is 12.3. The molecule has 0 radical (unpaired) electrons. The topological polar surface area (TPSA) is 93.5 Å². The highest BCUT2D eigenvalue weighted by Crippen LogP contribution is 2.29. The van der Waals surface area contributed by atoms with E-state index in [4.69, 9.17) is 9.26 Å². The van der Waals surface area contributed by atoms with Crippen molar-refractivity contribution in [1.82, 2.24) is 15.8 Å². The van der Waals surface area contributed by atoms with E-state index in [1.807, 2.05) is 20.8 Å². The minimum absolute atomic E-state index is 0.186. The third-order valence-electron chi connectivity index (χ3n) is 3.76. The van der Waals surface area contributed by atoms with Gasteiger partial charge in [0.25, 0.3) is 5.91 Å².